The van der Waals surface area contributed by atoms with E-state index in [2.05, 4.69) is 28.7 Å². The largest absolute Gasteiger partial charge is 0.464 e. The summed E-state index contributed by atoms with van der Waals surface area (Å²) in [6.07, 6.45) is 7.89. The Morgan fingerprint density at radius 2 is 2.20 bits per heavy atom. The molecular formula is C16H19N3O. The molecule has 2 heterocycles. The van der Waals surface area contributed by atoms with Crippen molar-refractivity contribution in [3.8, 4) is 0 Å². The van der Waals surface area contributed by atoms with Gasteiger partial charge in [-0.1, -0.05) is 18.2 Å². The maximum atomic E-state index is 5.63. The van der Waals surface area contributed by atoms with Gasteiger partial charge in [0.15, 0.2) is 0 Å². The predicted molar refractivity (Wildman–Crippen MR) is 79.5 cm³/mol. The second kappa shape index (κ2) is 5.51. The van der Waals surface area contributed by atoms with Crippen molar-refractivity contribution in [1.29, 1.82) is 0 Å². The van der Waals surface area contributed by atoms with Gasteiger partial charge in [0.05, 0.1) is 12.5 Å². The first-order chi connectivity index (χ1) is 9.78. The van der Waals surface area contributed by atoms with E-state index in [4.69, 9.17) is 4.42 Å². The lowest BCUT2D eigenvalue weighted by Crippen LogP contribution is -2.16. The highest BCUT2D eigenvalue weighted by Gasteiger charge is 2.15. The van der Waals surface area contributed by atoms with Crippen LogP contribution in [0.15, 0.2) is 47.3 Å². The Morgan fingerprint density at radius 1 is 1.35 bits per heavy atom. The number of hydrogen-bond acceptors (Lipinski definition) is 3. The van der Waals surface area contributed by atoms with Crippen molar-refractivity contribution in [2.45, 2.75) is 18.9 Å². The molecule has 0 fully saturated rings. The van der Waals surface area contributed by atoms with Crippen molar-refractivity contribution in [3.63, 3.8) is 0 Å². The molecule has 1 N–H and O–H groups in total. The lowest BCUT2D eigenvalue weighted by atomic mass is 10.00. The number of aryl methyl sites for hydroxylation is 2. The average Bonchev–Trinajstić information content (AvgIpc) is 3.07. The maximum absolute atomic E-state index is 5.63. The van der Waals surface area contributed by atoms with Crippen LogP contribution in [0.4, 0.5) is 0 Å². The fourth-order valence-corrected chi connectivity index (χ4v) is 2.64. The summed E-state index contributed by atoms with van der Waals surface area (Å²) in [7, 11) is 3.94. The Balaban J connectivity index is 1.79. The maximum Gasteiger partial charge on any atom is 0.134 e. The second-order valence-electron chi connectivity index (χ2n) is 5.09. The summed E-state index contributed by atoms with van der Waals surface area (Å²) in [5.74, 6) is 0. The van der Waals surface area contributed by atoms with Gasteiger partial charge in [0.25, 0.3) is 0 Å². The van der Waals surface area contributed by atoms with Crippen molar-refractivity contribution >= 4 is 11.0 Å². The minimum atomic E-state index is 0.291. The summed E-state index contributed by atoms with van der Waals surface area (Å²) < 4.78 is 7.48. The van der Waals surface area contributed by atoms with E-state index in [1.165, 1.54) is 16.5 Å². The van der Waals surface area contributed by atoms with Crippen molar-refractivity contribution in [2.75, 3.05) is 7.05 Å². The zero-order valence-corrected chi connectivity index (χ0v) is 11.8. The highest BCUT2D eigenvalue weighted by Crippen LogP contribution is 2.28. The first-order valence-corrected chi connectivity index (χ1v) is 6.89. The van der Waals surface area contributed by atoms with E-state index >= 15 is 0 Å². The van der Waals surface area contributed by atoms with E-state index in [9.17, 15) is 0 Å². The first kappa shape index (κ1) is 12.9. The smallest absolute Gasteiger partial charge is 0.134 e. The molecule has 104 valence electrons. The number of rotatable bonds is 5. The molecule has 2 aromatic heterocycles. The molecule has 0 aliphatic carbocycles. The molecular weight excluding hydrogens is 250 g/mol. The minimum Gasteiger partial charge on any atom is -0.464 e. The third-order valence-electron chi connectivity index (χ3n) is 3.71. The molecule has 3 rings (SSSR count). The van der Waals surface area contributed by atoms with Crippen molar-refractivity contribution in [1.82, 2.24) is 15.1 Å². The minimum absolute atomic E-state index is 0.291. The Morgan fingerprint density at radius 3 is 2.95 bits per heavy atom. The van der Waals surface area contributed by atoms with Crippen LogP contribution < -0.4 is 5.32 Å². The summed E-state index contributed by atoms with van der Waals surface area (Å²) in [6, 6.07) is 8.46. The van der Waals surface area contributed by atoms with Gasteiger partial charge in [-0.3, -0.25) is 4.68 Å². The van der Waals surface area contributed by atoms with Crippen LogP contribution in [0.5, 0.6) is 0 Å². The SMILES string of the molecule is CNC(CCc1cnn(C)c1)c1coc2ccccc12. The number of hydrogen-bond donors (Lipinski definition) is 1. The van der Waals surface area contributed by atoms with Gasteiger partial charge in [-0.2, -0.15) is 5.10 Å². The van der Waals surface area contributed by atoms with Crippen LogP contribution in [-0.2, 0) is 13.5 Å². The Kier molecular flexibility index (Phi) is 3.56. The van der Waals surface area contributed by atoms with Crippen molar-refractivity contribution in [2.24, 2.45) is 7.05 Å². The van der Waals surface area contributed by atoms with Crippen LogP contribution in [-0.4, -0.2) is 16.8 Å². The van der Waals surface area contributed by atoms with Crippen LogP contribution >= 0.6 is 0 Å². The highest BCUT2D eigenvalue weighted by atomic mass is 16.3. The van der Waals surface area contributed by atoms with Crippen LogP contribution in [0.1, 0.15) is 23.6 Å². The molecule has 0 aliphatic rings. The van der Waals surface area contributed by atoms with Crippen LogP contribution in [0, 0.1) is 0 Å². The highest BCUT2D eigenvalue weighted by molar-refractivity contribution is 5.81. The van der Waals surface area contributed by atoms with Gasteiger partial charge in [0.2, 0.25) is 0 Å². The van der Waals surface area contributed by atoms with Crippen LogP contribution in [0.3, 0.4) is 0 Å². The molecule has 3 aromatic rings. The molecule has 0 saturated carbocycles. The summed E-state index contributed by atoms with van der Waals surface area (Å²) in [5, 5.41) is 8.79. The molecule has 0 radical (unpaired) electrons. The third-order valence-corrected chi connectivity index (χ3v) is 3.71. The molecule has 1 atom stereocenters. The zero-order valence-electron chi connectivity index (χ0n) is 11.8. The van der Waals surface area contributed by atoms with E-state index in [1.54, 1.807) is 0 Å². The van der Waals surface area contributed by atoms with Crippen LogP contribution in [0.25, 0.3) is 11.0 Å². The summed E-state index contributed by atoms with van der Waals surface area (Å²) in [4.78, 5) is 0. The monoisotopic (exact) mass is 269 g/mol. The average molecular weight is 269 g/mol. The van der Waals surface area contributed by atoms with E-state index in [1.807, 2.05) is 43.4 Å². The number of benzene rings is 1. The van der Waals surface area contributed by atoms with E-state index in [0.29, 0.717) is 6.04 Å². The van der Waals surface area contributed by atoms with Gasteiger partial charge in [0.1, 0.15) is 5.58 Å². The van der Waals surface area contributed by atoms with Gasteiger partial charge < -0.3 is 9.73 Å². The Bertz CT molecular complexity index is 698. The molecule has 0 bridgehead atoms. The Labute approximate surface area is 118 Å². The normalized spacial score (nSPS) is 12.9. The summed E-state index contributed by atoms with van der Waals surface area (Å²) >= 11 is 0. The molecule has 0 saturated heterocycles. The summed E-state index contributed by atoms with van der Waals surface area (Å²) in [5.41, 5.74) is 3.44. The second-order valence-corrected chi connectivity index (χ2v) is 5.09. The zero-order chi connectivity index (χ0) is 13.9. The molecule has 4 nitrogen and oxygen atoms in total. The molecule has 0 spiro atoms. The summed E-state index contributed by atoms with van der Waals surface area (Å²) in [6.45, 7) is 0. The van der Waals surface area contributed by atoms with E-state index in [0.717, 1.165) is 18.4 Å². The lowest BCUT2D eigenvalue weighted by molar-refractivity contribution is 0.534. The van der Waals surface area contributed by atoms with E-state index in [-0.39, 0.29) is 0 Å². The number of nitrogens with one attached hydrogen (secondary N) is 1. The topological polar surface area (TPSA) is 43.0 Å². The van der Waals surface area contributed by atoms with Crippen molar-refractivity contribution in [3.05, 3.63) is 54.0 Å². The number of furan rings is 1. The van der Waals surface area contributed by atoms with Crippen molar-refractivity contribution < 1.29 is 4.42 Å². The molecule has 4 heteroatoms. The number of aromatic nitrogens is 2. The van der Waals surface area contributed by atoms with Gasteiger partial charge >= 0.3 is 0 Å². The van der Waals surface area contributed by atoms with Gasteiger partial charge in [0, 0.05) is 30.2 Å². The lowest BCUT2D eigenvalue weighted by Gasteiger charge is -2.14. The third kappa shape index (κ3) is 2.47. The fraction of sp³-hybridized carbons (Fsp3) is 0.312. The van der Waals surface area contributed by atoms with Gasteiger partial charge in [-0.15, -0.1) is 0 Å². The molecule has 1 unspecified atom stereocenters. The standard InChI is InChI=1S/C16H19N3O/c1-17-15(8-7-12-9-18-19(2)10-12)14-11-20-16-6-4-3-5-13(14)16/h3-6,9-11,15,17H,7-8H2,1-2H3. The number of fused-ring (bicyclic) bond motifs is 1. The quantitative estimate of drug-likeness (QED) is 0.774. The first-order valence-electron chi connectivity index (χ1n) is 6.89. The Hall–Kier alpha value is -2.07. The van der Waals surface area contributed by atoms with E-state index < -0.39 is 0 Å². The fourth-order valence-electron chi connectivity index (χ4n) is 2.64. The molecule has 20 heavy (non-hydrogen) atoms. The molecule has 0 amide bonds. The predicted octanol–water partition coefficient (Wildman–Crippen LogP) is 3.06. The van der Waals surface area contributed by atoms with Crippen LogP contribution in [0.2, 0.25) is 0 Å². The molecule has 0 aliphatic heterocycles. The van der Waals surface area contributed by atoms with Gasteiger partial charge in [-0.25, -0.2) is 0 Å². The number of nitrogens with zero attached hydrogens (tertiary/aromatic N) is 2. The number of para-hydroxylation sites is 1. The van der Waals surface area contributed by atoms with Gasteiger partial charge in [-0.05, 0) is 31.5 Å². The molecule has 1 aromatic carbocycles.